The number of nitrogens with zero attached hydrogens (tertiary/aromatic N) is 1. The van der Waals surface area contributed by atoms with Gasteiger partial charge in [0.05, 0.1) is 13.7 Å². The number of amides is 3. The Bertz CT molecular complexity index is 943. The molecule has 1 atom stereocenters. The summed E-state index contributed by atoms with van der Waals surface area (Å²) in [4.78, 5) is 26.7. The van der Waals surface area contributed by atoms with Crippen molar-refractivity contribution in [1.82, 2.24) is 10.2 Å². The summed E-state index contributed by atoms with van der Waals surface area (Å²) >= 11 is 0. The summed E-state index contributed by atoms with van der Waals surface area (Å²) in [6.07, 6.45) is 3.17. The molecule has 0 aromatic heterocycles. The highest BCUT2D eigenvalue weighted by Crippen LogP contribution is 2.33. The van der Waals surface area contributed by atoms with Gasteiger partial charge in [-0.2, -0.15) is 0 Å². The zero-order valence-electron chi connectivity index (χ0n) is 15.3. The van der Waals surface area contributed by atoms with E-state index in [0.717, 1.165) is 29.7 Å². The molecule has 3 amide bonds. The van der Waals surface area contributed by atoms with E-state index in [2.05, 4.69) is 5.32 Å². The highest BCUT2D eigenvalue weighted by molar-refractivity contribution is 6.07. The molecule has 1 heterocycles. The Kier molecular flexibility index (Phi) is 4.13. The number of imide groups is 1. The third-order valence-corrected chi connectivity index (χ3v) is 5.51. The largest absolute Gasteiger partial charge is 0.494 e. The number of urea groups is 1. The smallest absolute Gasteiger partial charge is 0.325 e. The number of aryl methyl sites for hydroxylation is 2. The minimum absolute atomic E-state index is 0.00606. The van der Waals surface area contributed by atoms with Crippen LogP contribution in [0.5, 0.6) is 5.75 Å². The van der Waals surface area contributed by atoms with Gasteiger partial charge in [-0.05, 0) is 60.6 Å². The number of carbonyl (C=O) groups excluding carboxylic acids is 2. The molecule has 5 nitrogen and oxygen atoms in total. The quantitative estimate of drug-likeness (QED) is 0.843. The highest BCUT2D eigenvalue weighted by atomic mass is 19.1. The molecule has 2 aliphatic rings. The van der Waals surface area contributed by atoms with Crippen molar-refractivity contribution in [3.05, 3.63) is 64.5 Å². The normalized spacial score (nSPS) is 21.4. The molecule has 0 spiro atoms. The van der Waals surface area contributed by atoms with E-state index < -0.39 is 17.4 Å². The van der Waals surface area contributed by atoms with E-state index in [1.54, 1.807) is 13.0 Å². The zero-order valence-corrected chi connectivity index (χ0v) is 15.3. The Balaban J connectivity index is 1.61. The molecule has 2 aromatic carbocycles. The third kappa shape index (κ3) is 2.85. The first-order chi connectivity index (χ1) is 12.9. The lowest BCUT2D eigenvalue weighted by Crippen LogP contribution is -2.40. The minimum Gasteiger partial charge on any atom is -0.494 e. The molecule has 2 aromatic rings. The maximum atomic E-state index is 13.9. The van der Waals surface area contributed by atoms with E-state index in [1.807, 2.05) is 18.2 Å². The van der Waals surface area contributed by atoms with Crippen LogP contribution >= 0.6 is 0 Å². The lowest BCUT2D eigenvalue weighted by atomic mass is 9.89. The van der Waals surface area contributed by atoms with Gasteiger partial charge in [-0.25, -0.2) is 9.18 Å². The second kappa shape index (κ2) is 6.37. The molecule has 1 saturated heterocycles. The number of benzene rings is 2. The van der Waals surface area contributed by atoms with Gasteiger partial charge < -0.3 is 10.1 Å². The van der Waals surface area contributed by atoms with Crippen LogP contribution in [0.3, 0.4) is 0 Å². The summed E-state index contributed by atoms with van der Waals surface area (Å²) in [6.45, 7) is 1.73. The molecule has 1 N–H and O–H groups in total. The van der Waals surface area contributed by atoms with Crippen molar-refractivity contribution in [3.63, 3.8) is 0 Å². The van der Waals surface area contributed by atoms with Gasteiger partial charge in [0.2, 0.25) is 0 Å². The number of hydrogen-bond donors (Lipinski definition) is 1. The molecule has 1 fully saturated rings. The maximum absolute atomic E-state index is 13.9. The van der Waals surface area contributed by atoms with Crippen molar-refractivity contribution in [2.75, 3.05) is 7.11 Å². The maximum Gasteiger partial charge on any atom is 0.325 e. The fraction of sp³-hybridized carbons (Fsp3) is 0.333. The number of hydrogen-bond acceptors (Lipinski definition) is 3. The van der Waals surface area contributed by atoms with Crippen LogP contribution in [-0.2, 0) is 29.7 Å². The summed E-state index contributed by atoms with van der Waals surface area (Å²) in [5.74, 6) is -0.732. The van der Waals surface area contributed by atoms with Crippen LogP contribution < -0.4 is 10.1 Å². The zero-order chi connectivity index (χ0) is 19.2. The number of methoxy groups -OCH3 is 1. The second-order valence-electron chi connectivity index (χ2n) is 7.25. The van der Waals surface area contributed by atoms with Crippen molar-refractivity contribution < 1.29 is 18.7 Å². The summed E-state index contributed by atoms with van der Waals surface area (Å²) < 4.78 is 18.8. The number of fused-ring (bicyclic) bond motifs is 1. The van der Waals surface area contributed by atoms with E-state index >= 15 is 0 Å². The van der Waals surface area contributed by atoms with Crippen LogP contribution in [0, 0.1) is 5.82 Å². The SMILES string of the molecule is COc1ccc(CN2C(=O)N[C@](C)(c3ccc4c(c3)CCC4)C2=O)cc1F. The van der Waals surface area contributed by atoms with Gasteiger partial charge in [0, 0.05) is 0 Å². The summed E-state index contributed by atoms with van der Waals surface area (Å²) in [5, 5.41) is 2.81. The van der Waals surface area contributed by atoms with Gasteiger partial charge >= 0.3 is 6.03 Å². The Hall–Kier alpha value is -2.89. The number of carbonyl (C=O) groups is 2. The standard InChI is InChI=1S/C21H21FN2O3/c1-21(16-8-7-14-4-3-5-15(14)11-16)19(25)24(20(26)23-21)12-13-6-9-18(27-2)17(22)10-13/h6-11H,3-5,12H2,1-2H3,(H,23,26)/t21-/m1/s1. The van der Waals surface area contributed by atoms with Crippen LogP contribution in [0.15, 0.2) is 36.4 Å². The van der Waals surface area contributed by atoms with Crippen molar-refractivity contribution in [1.29, 1.82) is 0 Å². The molecule has 140 valence electrons. The lowest BCUT2D eigenvalue weighted by Gasteiger charge is -2.23. The molecular formula is C21H21FN2O3. The van der Waals surface area contributed by atoms with E-state index in [-0.39, 0.29) is 18.2 Å². The Morgan fingerprint density at radius 2 is 1.93 bits per heavy atom. The van der Waals surface area contributed by atoms with Crippen LogP contribution in [0.2, 0.25) is 0 Å². The average molecular weight is 368 g/mol. The van der Waals surface area contributed by atoms with Gasteiger partial charge in [0.25, 0.3) is 5.91 Å². The molecule has 0 radical (unpaired) electrons. The van der Waals surface area contributed by atoms with Crippen molar-refractivity contribution in [3.8, 4) is 5.75 Å². The molecule has 4 rings (SSSR count). The summed E-state index contributed by atoms with van der Waals surface area (Å²) in [7, 11) is 1.39. The lowest BCUT2D eigenvalue weighted by molar-refractivity contribution is -0.131. The van der Waals surface area contributed by atoms with Gasteiger partial charge in [-0.1, -0.05) is 24.3 Å². The molecule has 1 aliphatic carbocycles. The van der Waals surface area contributed by atoms with Gasteiger partial charge in [-0.3, -0.25) is 9.69 Å². The van der Waals surface area contributed by atoms with Crippen LogP contribution in [-0.4, -0.2) is 23.9 Å². The van der Waals surface area contributed by atoms with E-state index in [4.69, 9.17) is 4.74 Å². The second-order valence-corrected chi connectivity index (χ2v) is 7.25. The van der Waals surface area contributed by atoms with Crippen molar-refractivity contribution in [2.45, 2.75) is 38.3 Å². The summed E-state index contributed by atoms with van der Waals surface area (Å²) in [5.41, 5.74) is 2.75. The van der Waals surface area contributed by atoms with Crippen LogP contribution in [0.4, 0.5) is 9.18 Å². The molecule has 1 aliphatic heterocycles. The average Bonchev–Trinajstić information content (AvgIpc) is 3.20. The molecule has 0 bridgehead atoms. The highest BCUT2D eigenvalue weighted by Gasteiger charge is 2.49. The molecule has 27 heavy (non-hydrogen) atoms. The van der Waals surface area contributed by atoms with Crippen molar-refractivity contribution in [2.24, 2.45) is 0 Å². The van der Waals surface area contributed by atoms with E-state index in [0.29, 0.717) is 5.56 Å². The van der Waals surface area contributed by atoms with Crippen molar-refractivity contribution >= 4 is 11.9 Å². The number of rotatable bonds is 4. The fourth-order valence-electron chi connectivity index (χ4n) is 3.91. The molecular weight excluding hydrogens is 347 g/mol. The third-order valence-electron chi connectivity index (χ3n) is 5.51. The Labute approximate surface area is 157 Å². The van der Waals surface area contributed by atoms with Gasteiger partial charge in [0.1, 0.15) is 5.54 Å². The topological polar surface area (TPSA) is 58.6 Å². The first-order valence-electron chi connectivity index (χ1n) is 9.01. The molecule has 6 heteroatoms. The number of nitrogens with one attached hydrogen (secondary N) is 1. The van der Waals surface area contributed by atoms with Gasteiger partial charge in [0.15, 0.2) is 11.6 Å². The van der Waals surface area contributed by atoms with Gasteiger partial charge in [-0.15, -0.1) is 0 Å². The predicted molar refractivity (Wildman–Crippen MR) is 97.9 cm³/mol. The fourth-order valence-corrected chi connectivity index (χ4v) is 3.91. The van der Waals surface area contributed by atoms with Crippen LogP contribution in [0.25, 0.3) is 0 Å². The Morgan fingerprint density at radius 3 is 2.67 bits per heavy atom. The molecule has 0 unspecified atom stereocenters. The molecule has 0 saturated carbocycles. The van der Waals surface area contributed by atoms with Crippen LogP contribution in [0.1, 0.15) is 35.6 Å². The number of halogens is 1. The minimum atomic E-state index is -1.11. The number of ether oxygens (including phenoxy) is 1. The van der Waals surface area contributed by atoms with E-state index in [9.17, 15) is 14.0 Å². The first kappa shape index (κ1) is 17.5. The summed E-state index contributed by atoms with van der Waals surface area (Å²) in [6, 6.07) is 9.93. The van der Waals surface area contributed by atoms with E-state index in [1.165, 1.54) is 30.4 Å². The predicted octanol–water partition coefficient (Wildman–Crippen LogP) is 3.29. The monoisotopic (exact) mass is 368 g/mol. The first-order valence-corrected chi connectivity index (χ1v) is 9.01. The Morgan fingerprint density at radius 1 is 1.15 bits per heavy atom.